The van der Waals surface area contributed by atoms with Crippen molar-refractivity contribution in [2.45, 2.75) is 26.3 Å². The van der Waals surface area contributed by atoms with Gasteiger partial charge in [0.25, 0.3) is 5.91 Å². The summed E-state index contributed by atoms with van der Waals surface area (Å²) >= 11 is 0. The Bertz CT molecular complexity index is 389. The molecule has 0 aliphatic carbocycles. The highest BCUT2D eigenvalue weighted by Gasteiger charge is 2.30. The van der Waals surface area contributed by atoms with E-state index in [0.29, 0.717) is 6.61 Å². The minimum Gasteiger partial charge on any atom is -0.372 e. The van der Waals surface area contributed by atoms with Crippen molar-refractivity contribution < 1.29 is 9.53 Å². The van der Waals surface area contributed by atoms with E-state index < -0.39 is 0 Å². The molecule has 0 saturated heterocycles. The lowest BCUT2D eigenvalue weighted by atomic mass is 10.1. The number of hydrogen-bond acceptors (Lipinski definition) is 2. The zero-order chi connectivity index (χ0) is 11.5. The Balaban J connectivity index is 2.18. The Morgan fingerprint density at radius 3 is 3.00 bits per heavy atom. The van der Waals surface area contributed by atoms with Gasteiger partial charge in [-0.15, -0.1) is 0 Å². The zero-order valence-corrected chi connectivity index (χ0v) is 9.77. The number of para-hydroxylation sites is 1. The Morgan fingerprint density at radius 2 is 2.25 bits per heavy atom. The van der Waals surface area contributed by atoms with Gasteiger partial charge in [0.15, 0.2) is 0 Å². The van der Waals surface area contributed by atoms with Gasteiger partial charge in [-0.25, -0.2) is 0 Å². The lowest BCUT2D eigenvalue weighted by Gasteiger charge is -2.22. The number of nitrogens with zero attached hydrogens (tertiary/aromatic N) is 1. The summed E-state index contributed by atoms with van der Waals surface area (Å²) in [6, 6.07) is 8.31. The van der Waals surface area contributed by atoms with E-state index in [-0.39, 0.29) is 18.6 Å². The van der Waals surface area contributed by atoms with E-state index in [4.69, 9.17) is 4.74 Å². The smallest absolute Gasteiger partial charge is 0.253 e. The molecule has 1 amide bonds. The molecule has 1 aliphatic rings. The molecule has 0 bridgehead atoms. The summed E-state index contributed by atoms with van der Waals surface area (Å²) in [5.41, 5.74) is 2.29. The minimum atomic E-state index is 0.0549. The van der Waals surface area contributed by atoms with Gasteiger partial charge >= 0.3 is 0 Å². The van der Waals surface area contributed by atoms with E-state index in [1.807, 2.05) is 30.0 Å². The van der Waals surface area contributed by atoms with Gasteiger partial charge in [-0.05, 0) is 31.9 Å². The van der Waals surface area contributed by atoms with Gasteiger partial charge < -0.3 is 9.64 Å². The second-order valence-corrected chi connectivity index (χ2v) is 4.08. The van der Waals surface area contributed by atoms with Crippen molar-refractivity contribution in [2.24, 2.45) is 0 Å². The van der Waals surface area contributed by atoms with Gasteiger partial charge in [0, 0.05) is 18.3 Å². The molecule has 3 heteroatoms. The van der Waals surface area contributed by atoms with Gasteiger partial charge in [-0.1, -0.05) is 18.2 Å². The first-order chi connectivity index (χ1) is 7.74. The topological polar surface area (TPSA) is 29.5 Å². The van der Waals surface area contributed by atoms with Crippen LogP contribution >= 0.6 is 0 Å². The number of carbonyl (C=O) groups excluding carboxylic acids is 1. The molecule has 1 aliphatic heterocycles. The fraction of sp³-hybridized carbons (Fsp3) is 0.462. The summed E-state index contributed by atoms with van der Waals surface area (Å²) in [5, 5.41) is 0. The van der Waals surface area contributed by atoms with E-state index in [2.05, 4.69) is 13.0 Å². The predicted octanol–water partition coefficient (Wildman–Crippen LogP) is 2.00. The minimum absolute atomic E-state index is 0.0549. The van der Waals surface area contributed by atoms with Crippen molar-refractivity contribution in [3.8, 4) is 0 Å². The fourth-order valence-electron chi connectivity index (χ4n) is 2.20. The quantitative estimate of drug-likeness (QED) is 0.778. The third-order valence-electron chi connectivity index (χ3n) is 2.91. The van der Waals surface area contributed by atoms with Crippen LogP contribution in [0.2, 0.25) is 0 Å². The Hall–Kier alpha value is -1.35. The summed E-state index contributed by atoms with van der Waals surface area (Å²) in [6.45, 7) is 4.73. The van der Waals surface area contributed by atoms with E-state index >= 15 is 0 Å². The number of hydrogen-bond donors (Lipinski definition) is 0. The largest absolute Gasteiger partial charge is 0.372 e. The van der Waals surface area contributed by atoms with E-state index in [9.17, 15) is 4.79 Å². The summed E-state index contributed by atoms with van der Waals surface area (Å²) in [5.74, 6) is 0.0549. The van der Waals surface area contributed by atoms with Crippen LogP contribution < -0.4 is 4.90 Å². The fourth-order valence-corrected chi connectivity index (χ4v) is 2.20. The highest BCUT2D eigenvalue weighted by atomic mass is 16.5. The van der Waals surface area contributed by atoms with Gasteiger partial charge in [0.05, 0.1) is 0 Å². The molecule has 0 aromatic heterocycles. The molecule has 3 nitrogen and oxygen atoms in total. The SMILES string of the molecule is CCOCC(=O)N1c2ccccc2CC1C. The molecule has 0 N–H and O–H groups in total. The Kier molecular flexibility index (Phi) is 3.25. The number of amides is 1. The van der Waals surface area contributed by atoms with E-state index in [0.717, 1.165) is 12.1 Å². The van der Waals surface area contributed by atoms with Gasteiger partial charge in [0.1, 0.15) is 6.61 Å². The van der Waals surface area contributed by atoms with Crippen molar-refractivity contribution in [1.29, 1.82) is 0 Å². The van der Waals surface area contributed by atoms with E-state index in [1.54, 1.807) is 0 Å². The highest BCUT2D eigenvalue weighted by Crippen LogP contribution is 2.31. The molecule has 1 aromatic rings. The monoisotopic (exact) mass is 219 g/mol. The van der Waals surface area contributed by atoms with Crippen molar-refractivity contribution in [2.75, 3.05) is 18.1 Å². The van der Waals surface area contributed by atoms with Crippen molar-refractivity contribution in [3.63, 3.8) is 0 Å². The van der Waals surface area contributed by atoms with Gasteiger partial charge in [-0.3, -0.25) is 4.79 Å². The Morgan fingerprint density at radius 1 is 1.50 bits per heavy atom. The molecule has 0 spiro atoms. The maximum atomic E-state index is 12.0. The predicted molar refractivity (Wildman–Crippen MR) is 63.6 cm³/mol. The van der Waals surface area contributed by atoms with Crippen LogP contribution in [0, 0.1) is 0 Å². The lowest BCUT2D eigenvalue weighted by molar-refractivity contribution is -0.123. The van der Waals surface area contributed by atoms with Crippen molar-refractivity contribution in [3.05, 3.63) is 29.8 Å². The molecule has 1 atom stereocenters. The second-order valence-electron chi connectivity index (χ2n) is 4.08. The van der Waals surface area contributed by atoms with Gasteiger partial charge in [0.2, 0.25) is 0 Å². The van der Waals surface area contributed by atoms with Crippen molar-refractivity contribution >= 4 is 11.6 Å². The number of benzene rings is 1. The lowest BCUT2D eigenvalue weighted by Crippen LogP contribution is -2.38. The van der Waals surface area contributed by atoms with Crippen LogP contribution in [0.25, 0.3) is 0 Å². The average Bonchev–Trinajstić information content (AvgIpc) is 2.62. The van der Waals surface area contributed by atoms with Gasteiger partial charge in [-0.2, -0.15) is 0 Å². The molecule has 1 aromatic carbocycles. The van der Waals surface area contributed by atoms with Crippen LogP contribution in [0.4, 0.5) is 5.69 Å². The molecule has 16 heavy (non-hydrogen) atoms. The third-order valence-corrected chi connectivity index (χ3v) is 2.91. The van der Waals surface area contributed by atoms with Crippen LogP contribution in [-0.2, 0) is 16.0 Å². The second kappa shape index (κ2) is 4.66. The zero-order valence-electron chi connectivity index (χ0n) is 9.77. The normalized spacial score (nSPS) is 18.6. The molecule has 0 radical (unpaired) electrons. The summed E-state index contributed by atoms with van der Waals surface area (Å²) in [4.78, 5) is 13.8. The molecule has 1 heterocycles. The first-order valence-electron chi connectivity index (χ1n) is 5.71. The molecule has 0 fully saturated rings. The van der Waals surface area contributed by atoms with E-state index in [1.165, 1.54) is 5.56 Å². The summed E-state index contributed by atoms with van der Waals surface area (Å²) < 4.78 is 5.18. The molecular formula is C13H17NO2. The number of rotatable bonds is 3. The number of carbonyl (C=O) groups is 1. The van der Waals surface area contributed by atoms with Crippen LogP contribution in [0.15, 0.2) is 24.3 Å². The standard InChI is InChI=1S/C13H17NO2/c1-3-16-9-13(15)14-10(2)8-11-6-4-5-7-12(11)14/h4-7,10H,3,8-9H2,1-2H3. The van der Waals surface area contributed by atoms with Crippen LogP contribution in [0.3, 0.4) is 0 Å². The maximum Gasteiger partial charge on any atom is 0.253 e. The third kappa shape index (κ3) is 1.95. The first kappa shape index (κ1) is 11.1. The Labute approximate surface area is 96.0 Å². The average molecular weight is 219 g/mol. The summed E-state index contributed by atoms with van der Waals surface area (Å²) in [7, 11) is 0. The van der Waals surface area contributed by atoms with Crippen LogP contribution in [0.5, 0.6) is 0 Å². The number of anilines is 1. The van der Waals surface area contributed by atoms with Crippen molar-refractivity contribution in [1.82, 2.24) is 0 Å². The maximum absolute atomic E-state index is 12.0. The first-order valence-corrected chi connectivity index (χ1v) is 5.71. The molecule has 86 valence electrons. The molecule has 1 unspecified atom stereocenters. The van der Waals surface area contributed by atoms with Crippen LogP contribution in [0.1, 0.15) is 19.4 Å². The highest BCUT2D eigenvalue weighted by molar-refractivity contribution is 5.97. The van der Waals surface area contributed by atoms with Crippen LogP contribution in [-0.4, -0.2) is 25.2 Å². The molecule has 2 rings (SSSR count). The molecular weight excluding hydrogens is 202 g/mol. The summed E-state index contributed by atoms with van der Waals surface area (Å²) in [6.07, 6.45) is 0.939. The number of fused-ring (bicyclic) bond motifs is 1. The molecule has 0 saturated carbocycles. The number of ether oxygens (including phenoxy) is 1.